The van der Waals surface area contributed by atoms with Crippen LogP contribution in [0.15, 0.2) is 12.1 Å². The number of methoxy groups -OCH3 is 1. The summed E-state index contributed by atoms with van der Waals surface area (Å²) in [5.74, 6) is 0.0788. The van der Waals surface area contributed by atoms with Gasteiger partial charge in [0.1, 0.15) is 6.04 Å². The molecular weight excluding hydrogens is 250 g/mol. The largest absolute Gasteiger partial charge is 0.468 e. The molecule has 0 saturated carbocycles. The first-order valence-corrected chi connectivity index (χ1v) is 7.28. The molecule has 0 aromatic heterocycles. The smallest absolute Gasteiger partial charge is 0.323 e. The van der Waals surface area contributed by atoms with Gasteiger partial charge in [-0.05, 0) is 48.9 Å². The average Bonchev–Trinajstić information content (AvgIpc) is 2.43. The van der Waals surface area contributed by atoms with E-state index in [1.807, 2.05) is 0 Å². The third kappa shape index (κ3) is 4.07. The molecule has 1 aromatic carbocycles. The van der Waals surface area contributed by atoms with Crippen molar-refractivity contribution in [3.05, 3.63) is 34.4 Å². The monoisotopic (exact) mass is 277 g/mol. The van der Waals surface area contributed by atoms with Crippen LogP contribution in [-0.4, -0.2) is 19.1 Å². The Hall–Kier alpha value is -1.35. The second kappa shape index (κ2) is 7.44. The molecule has 1 rings (SSSR count). The molecule has 0 spiro atoms. The molecule has 20 heavy (non-hydrogen) atoms. The van der Waals surface area contributed by atoms with E-state index in [2.05, 4.69) is 52.1 Å². The lowest BCUT2D eigenvalue weighted by Gasteiger charge is -2.22. The van der Waals surface area contributed by atoms with Crippen molar-refractivity contribution in [3.8, 4) is 0 Å². The van der Waals surface area contributed by atoms with Gasteiger partial charge in [0.05, 0.1) is 7.11 Å². The quantitative estimate of drug-likeness (QED) is 0.811. The zero-order chi connectivity index (χ0) is 15.3. The lowest BCUT2D eigenvalue weighted by atomic mass is 9.97. The Kier molecular flexibility index (Phi) is 6.21. The molecule has 1 aromatic rings. The molecule has 3 nitrogen and oxygen atoms in total. The summed E-state index contributed by atoms with van der Waals surface area (Å²) in [7, 11) is 1.45. The third-order valence-corrected chi connectivity index (χ3v) is 4.13. The summed E-state index contributed by atoms with van der Waals surface area (Å²) >= 11 is 0. The molecular formula is C17H27NO2. The Morgan fingerprint density at radius 1 is 1.20 bits per heavy atom. The molecule has 1 N–H and O–H groups in total. The molecule has 0 radical (unpaired) electrons. The number of benzene rings is 1. The van der Waals surface area contributed by atoms with E-state index in [0.717, 1.165) is 6.42 Å². The second-order valence-corrected chi connectivity index (χ2v) is 5.63. The number of ether oxygens (including phenoxy) is 1. The Morgan fingerprint density at radius 3 is 2.35 bits per heavy atom. The maximum Gasteiger partial charge on any atom is 0.323 e. The Bertz CT molecular complexity index is 468. The van der Waals surface area contributed by atoms with Gasteiger partial charge in [-0.15, -0.1) is 0 Å². The summed E-state index contributed by atoms with van der Waals surface area (Å²) in [4.78, 5) is 11.9. The predicted molar refractivity (Wildman–Crippen MR) is 82.8 cm³/mol. The maximum atomic E-state index is 11.9. The fourth-order valence-corrected chi connectivity index (χ4v) is 2.31. The average molecular weight is 277 g/mol. The van der Waals surface area contributed by atoms with E-state index in [-0.39, 0.29) is 17.9 Å². The van der Waals surface area contributed by atoms with Crippen LogP contribution in [0.5, 0.6) is 0 Å². The normalized spacial score (nSPS) is 13.9. The van der Waals surface area contributed by atoms with Crippen molar-refractivity contribution >= 4 is 5.97 Å². The minimum Gasteiger partial charge on any atom is -0.468 e. The van der Waals surface area contributed by atoms with E-state index in [4.69, 9.17) is 4.74 Å². The summed E-state index contributed by atoms with van der Waals surface area (Å²) in [6, 6.07) is 4.15. The number of carbonyl (C=O) groups excluding carboxylic acids is 1. The van der Waals surface area contributed by atoms with Crippen molar-refractivity contribution in [2.75, 3.05) is 7.11 Å². The maximum absolute atomic E-state index is 11.9. The lowest BCUT2D eigenvalue weighted by Crippen LogP contribution is -2.42. The molecule has 0 aliphatic heterocycles. The van der Waals surface area contributed by atoms with E-state index in [9.17, 15) is 4.79 Å². The number of hydrogen-bond acceptors (Lipinski definition) is 3. The van der Waals surface area contributed by atoms with Crippen molar-refractivity contribution in [1.82, 2.24) is 5.32 Å². The SMILES string of the molecule is CCC(C)C(NCc1cc(C)c(C)cc1C)C(=O)OC. The topological polar surface area (TPSA) is 38.3 Å². The molecule has 0 bridgehead atoms. The number of hydrogen-bond donors (Lipinski definition) is 1. The Balaban J connectivity index is 2.82. The first kappa shape index (κ1) is 16.7. The van der Waals surface area contributed by atoms with Gasteiger partial charge in [-0.1, -0.05) is 32.4 Å². The minimum absolute atomic E-state index is 0.180. The van der Waals surface area contributed by atoms with E-state index in [1.165, 1.54) is 29.4 Å². The van der Waals surface area contributed by atoms with Gasteiger partial charge in [-0.3, -0.25) is 4.79 Å². The summed E-state index contributed by atoms with van der Waals surface area (Å²) in [5, 5.41) is 3.35. The third-order valence-electron chi connectivity index (χ3n) is 4.13. The van der Waals surface area contributed by atoms with Gasteiger partial charge in [0.2, 0.25) is 0 Å². The number of nitrogens with one attached hydrogen (secondary N) is 1. The molecule has 112 valence electrons. The van der Waals surface area contributed by atoms with Gasteiger partial charge in [-0.25, -0.2) is 0 Å². The van der Waals surface area contributed by atoms with Crippen LogP contribution < -0.4 is 5.32 Å². The highest BCUT2D eigenvalue weighted by Crippen LogP contribution is 2.16. The molecule has 3 heteroatoms. The second-order valence-electron chi connectivity index (χ2n) is 5.63. The van der Waals surface area contributed by atoms with Gasteiger partial charge >= 0.3 is 5.97 Å². The first-order valence-electron chi connectivity index (χ1n) is 7.28. The van der Waals surface area contributed by atoms with Gasteiger partial charge in [0, 0.05) is 6.54 Å². The van der Waals surface area contributed by atoms with Crippen molar-refractivity contribution in [2.24, 2.45) is 5.92 Å². The van der Waals surface area contributed by atoms with Crippen LogP contribution in [0.1, 0.15) is 42.5 Å². The highest BCUT2D eigenvalue weighted by atomic mass is 16.5. The van der Waals surface area contributed by atoms with Crippen LogP contribution >= 0.6 is 0 Å². The van der Waals surface area contributed by atoms with Crippen LogP contribution in [0.3, 0.4) is 0 Å². The first-order chi connectivity index (χ1) is 9.40. The standard InChI is InChI=1S/C17H27NO2/c1-7-11(2)16(17(19)20-6)18-10-15-9-13(4)12(3)8-14(15)5/h8-9,11,16,18H,7,10H2,1-6H3. The van der Waals surface area contributed by atoms with E-state index >= 15 is 0 Å². The van der Waals surface area contributed by atoms with E-state index in [1.54, 1.807) is 0 Å². The Labute approximate surface area is 122 Å². The number of rotatable bonds is 6. The van der Waals surface area contributed by atoms with Gasteiger partial charge in [0.25, 0.3) is 0 Å². The molecule has 0 saturated heterocycles. The van der Waals surface area contributed by atoms with Crippen molar-refractivity contribution in [1.29, 1.82) is 0 Å². The molecule has 0 aliphatic carbocycles. The van der Waals surface area contributed by atoms with Gasteiger partial charge in [-0.2, -0.15) is 0 Å². The zero-order valence-electron chi connectivity index (χ0n) is 13.5. The fourth-order valence-electron chi connectivity index (χ4n) is 2.31. The highest BCUT2D eigenvalue weighted by molar-refractivity contribution is 5.76. The van der Waals surface area contributed by atoms with Crippen LogP contribution in [0.25, 0.3) is 0 Å². The summed E-state index contributed by atoms with van der Waals surface area (Å²) in [6.45, 7) is 11.2. The van der Waals surface area contributed by atoms with Crippen molar-refractivity contribution < 1.29 is 9.53 Å². The van der Waals surface area contributed by atoms with Crippen LogP contribution in [-0.2, 0) is 16.1 Å². The minimum atomic E-state index is -0.244. The van der Waals surface area contributed by atoms with E-state index < -0.39 is 0 Å². The molecule has 0 fully saturated rings. The number of aryl methyl sites for hydroxylation is 3. The predicted octanol–water partition coefficient (Wildman–Crippen LogP) is 3.29. The molecule has 0 heterocycles. The molecule has 2 unspecified atom stereocenters. The molecule has 0 amide bonds. The lowest BCUT2D eigenvalue weighted by molar-refractivity contribution is -0.144. The van der Waals surface area contributed by atoms with Crippen LogP contribution in [0, 0.1) is 26.7 Å². The summed E-state index contributed by atoms with van der Waals surface area (Å²) in [6.07, 6.45) is 0.943. The van der Waals surface area contributed by atoms with Gasteiger partial charge < -0.3 is 10.1 Å². The number of carbonyl (C=O) groups is 1. The fraction of sp³-hybridized carbons (Fsp3) is 0.588. The summed E-state index contributed by atoms with van der Waals surface area (Å²) < 4.78 is 4.90. The van der Waals surface area contributed by atoms with Crippen molar-refractivity contribution in [3.63, 3.8) is 0 Å². The number of esters is 1. The van der Waals surface area contributed by atoms with Gasteiger partial charge in [0.15, 0.2) is 0 Å². The summed E-state index contributed by atoms with van der Waals surface area (Å²) in [5.41, 5.74) is 5.09. The zero-order valence-corrected chi connectivity index (χ0v) is 13.5. The van der Waals surface area contributed by atoms with E-state index in [0.29, 0.717) is 6.54 Å². The Morgan fingerprint density at radius 2 is 1.80 bits per heavy atom. The molecule has 2 atom stereocenters. The highest BCUT2D eigenvalue weighted by Gasteiger charge is 2.24. The van der Waals surface area contributed by atoms with Crippen LogP contribution in [0.2, 0.25) is 0 Å². The molecule has 0 aliphatic rings. The van der Waals surface area contributed by atoms with Crippen molar-refractivity contribution in [2.45, 2.75) is 53.6 Å². The van der Waals surface area contributed by atoms with Crippen LogP contribution in [0.4, 0.5) is 0 Å².